The summed E-state index contributed by atoms with van der Waals surface area (Å²) in [6.45, 7) is 9.19. The molecule has 0 saturated carbocycles. The van der Waals surface area contributed by atoms with Gasteiger partial charge in [0.05, 0.1) is 0 Å². The van der Waals surface area contributed by atoms with Gasteiger partial charge in [0.15, 0.2) is 0 Å². The number of nitrogens with two attached hydrogens (primary N) is 1. The maximum absolute atomic E-state index is 12.4. The van der Waals surface area contributed by atoms with Gasteiger partial charge in [0.1, 0.15) is 0 Å². The Balaban J connectivity index is 0. The first-order valence-electron chi connectivity index (χ1n) is 6.95. The van der Waals surface area contributed by atoms with Gasteiger partial charge in [0.25, 0.3) is 5.91 Å². The Morgan fingerprint density at radius 2 is 1.86 bits per heavy atom. The standard InChI is InChI=1S/C16H27N3O.2ClH/c1-11-7-8-13(17)9-14(11)15(20)18-12(2)16(3,4)10-19(5)6;;/h7-9,12H,10,17H2,1-6H3,(H,18,20);2*1H. The fourth-order valence-corrected chi connectivity index (χ4v) is 2.31. The van der Waals surface area contributed by atoms with Crippen LogP contribution in [0.15, 0.2) is 18.2 Å². The summed E-state index contributed by atoms with van der Waals surface area (Å²) in [6, 6.07) is 5.49. The van der Waals surface area contributed by atoms with Crippen LogP contribution in [-0.2, 0) is 0 Å². The summed E-state index contributed by atoms with van der Waals surface area (Å²) in [5.41, 5.74) is 7.96. The summed E-state index contributed by atoms with van der Waals surface area (Å²) in [5.74, 6) is -0.0610. The molecule has 1 atom stereocenters. The lowest BCUT2D eigenvalue weighted by Gasteiger charge is -2.35. The highest BCUT2D eigenvalue weighted by molar-refractivity contribution is 5.96. The van der Waals surface area contributed by atoms with Gasteiger partial charge in [-0.25, -0.2) is 0 Å². The molecule has 1 rings (SSSR count). The van der Waals surface area contributed by atoms with Crippen LogP contribution < -0.4 is 11.1 Å². The van der Waals surface area contributed by atoms with Crippen molar-refractivity contribution in [3.63, 3.8) is 0 Å². The fraction of sp³-hybridized carbons (Fsp3) is 0.562. The van der Waals surface area contributed by atoms with Gasteiger partial charge < -0.3 is 16.0 Å². The molecule has 4 nitrogen and oxygen atoms in total. The third-order valence-corrected chi connectivity index (χ3v) is 3.75. The molecule has 0 fully saturated rings. The van der Waals surface area contributed by atoms with Crippen LogP contribution >= 0.6 is 24.8 Å². The summed E-state index contributed by atoms with van der Waals surface area (Å²) >= 11 is 0. The quantitative estimate of drug-likeness (QED) is 0.802. The van der Waals surface area contributed by atoms with E-state index >= 15 is 0 Å². The Morgan fingerprint density at radius 3 is 2.36 bits per heavy atom. The van der Waals surface area contributed by atoms with E-state index in [2.05, 4.69) is 24.1 Å². The molecule has 0 bridgehead atoms. The monoisotopic (exact) mass is 349 g/mol. The van der Waals surface area contributed by atoms with E-state index < -0.39 is 0 Å². The number of rotatable bonds is 5. The molecule has 0 heterocycles. The van der Waals surface area contributed by atoms with E-state index in [0.717, 1.165) is 12.1 Å². The molecule has 0 aromatic heterocycles. The van der Waals surface area contributed by atoms with Crippen molar-refractivity contribution >= 4 is 36.4 Å². The average Bonchev–Trinajstić information content (AvgIpc) is 2.30. The zero-order valence-electron chi connectivity index (χ0n) is 14.3. The molecule has 0 aliphatic rings. The first kappa shape index (κ1) is 23.3. The second kappa shape index (κ2) is 9.23. The van der Waals surface area contributed by atoms with Crippen molar-refractivity contribution in [3.05, 3.63) is 29.3 Å². The van der Waals surface area contributed by atoms with Crippen LogP contribution in [0.25, 0.3) is 0 Å². The van der Waals surface area contributed by atoms with Gasteiger partial charge in [0, 0.05) is 23.8 Å². The average molecular weight is 350 g/mol. The maximum atomic E-state index is 12.4. The predicted octanol–water partition coefficient (Wildman–Crippen LogP) is 3.13. The van der Waals surface area contributed by atoms with Crippen molar-refractivity contribution in [3.8, 4) is 0 Å². The molecule has 1 amide bonds. The maximum Gasteiger partial charge on any atom is 0.251 e. The molecular weight excluding hydrogens is 321 g/mol. The molecule has 1 aromatic rings. The summed E-state index contributed by atoms with van der Waals surface area (Å²) < 4.78 is 0. The SMILES string of the molecule is Cc1ccc(N)cc1C(=O)NC(C)C(C)(C)CN(C)C.Cl.Cl. The van der Waals surface area contributed by atoms with E-state index in [1.807, 2.05) is 40.1 Å². The van der Waals surface area contributed by atoms with Crippen LogP contribution in [0.4, 0.5) is 5.69 Å². The van der Waals surface area contributed by atoms with E-state index in [1.165, 1.54) is 0 Å². The number of benzene rings is 1. The number of hydrogen-bond donors (Lipinski definition) is 2. The second-order valence-electron chi connectivity index (χ2n) is 6.50. The fourth-order valence-electron chi connectivity index (χ4n) is 2.31. The molecule has 1 unspecified atom stereocenters. The van der Waals surface area contributed by atoms with Crippen molar-refractivity contribution in [2.75, 3.05) is 26.4 Å². The summed E-state index contributed by atoms with van der Waals surface area (Å²) in [6.07, 6.45) is 0. The first-order chi connectivity index (χ1) is 9.13. The van der Waals surface area contributed by atoms with Crippen molar-refractivity contribution in [2.45, 2.75) is 33.7 Å². The third kappa shape index (κ3) is 6.42. The number of carbonyl (C=O) groups excluding carboxylic acids is 1. The Hall–Kier alpha value is -0.970. The Bertz CT molecular complexity index is 490. The van der Waals surface area contributed by atoms with E-state index in [9.17, 15) is 4.79 Å². The Morgan fingerprint density at radius 1 is 1.32 bits per heavy atom. The van der Waals surface area contributed by atoms with Gasteiger partial charge in [0.2, 0.25) is 0 Å². The Kier molecular flexibility index (Phi) is 9.78. The normalized spacial score (nSPS) is 12.1. The molecular formula is C16H29Cl2N3O. The van der Waals surface area contributed by atoms with Gasteiger partial charge >= 0.3 is 0 Å². The van der Waals surface area contributed by atoms with Crippen LogP contribution in [0.1, 0.15) is 36.7 Å². The molecule has 0 aliphatic carbocycles. The molecule has 22 heavy (non-hydrogen) atoms. The number of halogens is 2. The van der Waals surface area contributed by atoms with Crippen LogP contribution in [-0.4, -0.2) is 37.5 Å². The van der Waals surface area contributed by atoms with Crippen LogP contribution in [0.5, 0.6) is 0 Å². The number of nitrogens with zero attached hydrogens (tertiary/aromatic N) is 1. The van der Waals surface area contributed by atoms with Gasteiger partial charge in [-0.2, -0.15) is 0 Å². The smallest absolute Gasteiger partial charge is 0.251 e. The van der Waals surface area contributed by atoms with Crippen molar-refractivity contribution in [2.24, 2.45) is 5.41 Å². The van der Waals surface area contributed by atoms with E-state index in [0.29, 0.717) is 11.3 Å². The molecule has 0 saturated heterocycles. The summed E-state index contributed by atoms with van der Waals surface area (Å²) in [5, 5.41) is 3.09. The summed E-state index contributed by atoms with van der Waals surface area (Å²) in [4.78, 5) is 14.5. The predicted molar refractivity (Wildman–Crippen MR) is 99.4 cm³/mol. The van der Waals surface area contributed by atoms with Crippen molar-refractivity contribution < 1.29 is 4.79 Å². The minimum absolute atomic E-state index is 0. The highest BCUT2D eigenvalue weighted by Crippen LogP contribution is 2.22. The molecule has 3 N–H and O–H groups in total. The highest BCUT2D eigenvalue weighted by atomic mass is 35.5. The third-order valence-electron chi connectivity index (χ3n) is 3.75. The highest BCUT2D eigenvalue weighted by Gasteiger charge is 2.28. The van der Waals surface area contributed by atoms with Crippen LogP contribution in [0.2, 0.25) is 0 Å². The van der Waals surface area contributed by atoms with Crippen molar-refractivity contribution in [1.82, 2.24) is 10.2 Å². The number of aryl methyl sites for hydroxylation is 1. The number of carbonyl (C=O) groups is 1. The van der Waals surface area contributed by atoms with Crippen LogP contribution in [0, 0.1) is 12.3 Å². The van der Waals surface area contributed by atoms with E-state index in [-0.39, 0.29) is 42.2 Å². The summed E-state index contributed by atoms with van der Waals surface area (Å²) in [7, 11) is 4.08. The lowest BCUT2D eigenvalue weighted by atomic mass is 9.84. The van der Waals surface area contributed by atoms with E-state index in [1.54, 1.807) is 6.07 Å². The Labute approximate surface area is 146 Å². The zero-order chi connectivity index (χ0) is 15.5. The molecule has 0 radical (unpaired) electrons. The molecule has 0 spiro atoms. The second-order valence-corrected chi connectivity index (χ2v) is 6.50. The largest absolute Gasteiger partial charge is 0.399 e. The molecule has 6 heteroatoms. The number of nitrogens with one attached hydrogen (secondary N) is 1. The zero-order valence-corrected chi connectivity index (χ0v) is 15.9. The first-order valence-corrected chi connectivity index (χ1v) is 6.95. The topological polar surface area (TPSA) is 58.4 Å². The molecule has 0 aliphatic heterocycles. The number of anilines is 1. The molecule has 128 valence electrons. The van der Waals surface area contributed by atoms with Gasteiger partial charge in [-0.05, 0) is 51.1 Å². The van der Waals surface area contributed by atoms with E-state index in [4.69, 9.17) is 5.73 Å². The lowest BCUT2D eigenvalue weighted by Crippen LogP contribution is -2.47. The van der Waals surface area contributed by atoms with Gasteiger partial charge in [-0.1, -0.05) is 19.9 Å². The lowest BCUT2D eigenvalue weighted by molar-refractivity contribution is 0.0885. The minimum Gasteiger partial charge on any atom is -0.399 e. The number of hydrogen-bond acceptors (Lipinski definition) is 3. The van der Waals surface area contributed by atoms with Gasteiger partial charge in [-0.15, -0.1) is 24.8 Å². The van der Waals surface area contributed by atoms with Crippen LogP contribution in [0.3, 0.4) is 0 Å². The number of amides is 1. The van der Waals surface area contributed by atoms with Gasteiger partial charge in [-0.3, -0.25) is 4.79 Å². The minimum atomic E-state index is -0.0610. The molecule has 1 aromatic carbocycles. The number of nitrogen functional groups attached to an aromatic ring is 1. The van der Waals surface area contributed by atoms with Crippen molar-refractivity contribution in [1.29, 1.82) is 0 Å².